The normalized spacial score (nSPS) is 10.9. The fourth-order valence-corrected chi connectivity index (χ4v) is 5.58. The first-order valence-corrected chi connectivity index (χ1v) is 15.3. The Morgan fingerprint density at radius 2 is 0.425 bits per heavy atom. The van der Waals surface area contributed by atoms with Gasteiger partial charge in [-0.15, -0.1) is 0 Å². The second kappa shape index (κ2) is 12.0. The first-order valence-electron chi connectivity index (χ1n) is 12.9. The predicted octanol–water partition coefficient (Wildman–Crippen LogP) is 12.4. The highest BCUT2D eigenvalue weighted by atomic mass is 79.9. The van der Waals surface area contributed by atoms with E-state index in [2.05, 4.69) is 198 Å². The molecule has 0 aliphatic carbocycles. The zero-order valence-electron chi connectivity index (χ0n) is 21.4. The molecule has 0 amide bonds. The summed E-state index contributed by atoms with van der Waals surface area (Å²) in [5.41, 5.74) is 10.5. The average Bonchev–Trinajstić information content (AvgIpc) is 3.00. The van der Waals surface area contributed by atoms with Crippen molar-refractivity contribution in [3.63, 3.8) is 0 Å². The van der Waals surface area contributed by atoms with Crippen LogP contribution in [0.3, 0.4) is 0 Å². The van der Waals surface area contributed by atoms with E-state index in [0.29, 0.717) is 0 Å². The molecule has 0 saturated heterocycles. The smallest absolute Gasteiger partial charge is 0.0462 e. The molecule has 6 aromatic rings. The Morgan fingerprint density at radius 1 is 0.250 bits per heavy atom. The molecule has 0 unspecified atom stereocenters. The molecule has 0 saturated carbocycles. The maximum atomic E-state index is 3.54. The highest BCUT2D eigenvalue weighted by Gasteiger charge is 2.14. The number of nitrogens with zero attached hydrogens (tertiary/aromatic N) is 1. The van der Waals surface area contributed by atoms with Crippen LogP contribution in [0.25, 0.3) is 33.4 Å². The second-order valence-corrected chi connectivity index (χ2v) is 12.2. The fraction of sp³-hybridized carbons (Fsp3) is 0. The summed E-state index contributed by atoms with van der Waals surface area (Å²) in [5, 5.41) is 0. The molecule has 0 fully saturated rings. The fourth-order valence-electron chi connectivity index (χ4n) is 4.78. The molecule has 0 aliphatic heterocycles. The SMILES string of the molecule is Brc1ccc(-c2ccc(N(c3ccc(-c4ccc(Br)cc4)cc3)c3ccc(-c4ccc(Br)cc4)cc3)cc2)cc1. The van der Waals surface area contributed by atoms with Crippen molar-refractivity contribution in [3.05, 3.63) is 159 Å². The van der Waals surface area contributed by atoms with Crippen molar-refractivity contribution >= 4 is 64.9 Å². The quantitative estimate of drug-likeness (QED) is 0.166. The van der Waals surface area contributed by atoms with E-state index in [1.807, 2.05) is 0 Å². The molecule has 0 N–H and O–H groups in total. The Morgan fingerprint density at radius 3 is 0.625 bits per heavy atom. The van der Waals surface area contributed by atoms with Crippen LogP contribution in [0.15, 0.2) is 159 Å². The lowest BCUT2D eigenvalue weighted by atomic mass is 10.0. The van der Waals surface area contributed by atoms with Gasteiger partial charge in [0, 0.05) is 30.5 Å². The third-order valence-electron chi connectivity index (χ3n) is 6.91. The summed E-state index contributed by atoms with van der Waals surface area (Å²) in [4.78, 5) is 2.31. The van der Waals surface area contributed by atoms with Gasteiger partial charge in [-0.3, -0.25) is 0 Å². The maximum absolute atomic E-state index is 3.54. The minimum Gasteiger partial charge on any atom is -0.311 e. The van der Waals surface area contributed by atoms with Crippen molar-refractivity contribution in [2.45, 2.75) is 0 Å². The van der Waals surface area contributed by atoms with Crippen LogP contribution in [-0.2, 0) is 0 Å². The first kappa shape index (κ1) is 26.8. The monoisotopic (exact) mass is 707 g/mol. The summed E-state index contributed by atoms with van der Waals surface area (Å²) in [7, 11) is 0. The van der Waals surface area contributed by atoms with Gasteiger partial charge in [-0.2, -0.15) is 0 Å². The lowest BCUT2D eigenvalue weighted by Crippen LogP contribution is -2.09. The molecule has 1 nitrogen and oxygen atoms in total. The predicted molar refractivity (Wildman–Crippen MR) is 181 cm³/mol. The molecule has 0 atom stereocenters. The van der Waals surface area contributed by atoms with E-state index in [4.69, 9.17) is 0 Å². The van der Waals surface area contributed by atoms with Crippen LogP contribution in [-0.4, -0.2) is 0 Å². The van der Waals surface area contributed by atoms with E-state index >= 15 is 0 Å². The standard InChI is InChI=1S/C36H24Br3N/c37-31-13-1-25(2-14-31)28-7-19-34(20-8-28)40(35-21-9-29(10-22-35)26-3-15-32(38)16-4-26)36-23-11-30(12-24-36)27-5-17-33(39)18-6-27/h1-24H. The maximum Gasteiger partial charge on any atom is 0.0462 e. The lowest BCUT2D eigenvalue weighted by molar-refractivity contribution is 1.28. The van der Waals surface area contributed by atoms with Gasteiger partial charge < -0.3 is 4.90 Å². The molecule has 4 heteroatoms. The molecule has 194 valence electrons. The summed E-state index contributed by atoms with van der Waals surface area (Å²) < 4.78 is 3.24. The summed E-state index contributed by atoms with van der Waals surface area (Å²) in [6, 6.07) is 51.6. The van der Waals surface area contributed by atoms with Crippen LogP contribution in [0.2, 0.25) is 0 Å². The van der Waals surface area contributed by atoms with Gasteiger partial charge in [0.1, 0.15) is 0 Å². The van der Waals surface area contributed by atoms with Crippen molar-refractivity contribution in [2.24, 2.45) is 0 Å². The summed E-state index contributed by atoms with van der Waals surface area (Å²) in [6.45, 7) is 0. The average molecular weight is 710 g/mol. The zero-order chi connectivity index (χ0) is 27.5. The van der Waals surface area contributed by atoms with E-state index in [0.717, 1.165) is 30.5 Å². The van der Waals surface area contributed by atoms with Crippen molar-refractivity contribution in [1.82, 2.24) is 0 Å². The molecule has 0 bridgehead atoms. The topological polar surface area (TPSA) is 3.24 Å². The summed E-state index contributed by atoms with van der Waals surface area (Å²) in [5.74, 6) is 0. The van der Waals surface area contributed by atoms with Crippen molar-refractivity contribution in [3.8, 4) is 33.4 Å². The largest absolute Gasteiger partial charge is 0.311 e. The molecular weight excluding hydrogens is 686 g/mol. The first-order chi connectivity index (χ1) is 19.5. The Balaban J connectivity index is 1.37. The Labute approximate surface area is 260 Å². The Kier molecular flexibility index (Phi) is 8.01. The zero-order valence-corrected chi connectivity index (χ0v) is 26.2. The number of hydrogen-bond acceptors (Lipinski definition) is 1. The van der Waals surface area contributed by atoms with Gasteiger partial charge in [0.05, 0.1) is 0 Å². The van der Waals surface area contributed by atoms with Gasteiger partial charge in [0.25, 0.3) is 0 Å². The number of hydrogen-bond donors (Lipinski definition) is 0. The molecule has 0 aromatic heterocycles. The van der Waals surface area contributed by atoms with Gasteiger partial charge in [-0.1, -0.05) is 121 Å². The molecule has 0 aliphatic rings. The molecule has 6 rings (SSSR count). The third kappa shape index (κ3) is 6.00. The number of benzene rings is 6. The number of rotatable bonds is 6. The molecule has 0 heterocycles. The summed E-state index contributed by atoms with van der Waals surface area (Å²) in [6.07, 6.45) is 0. The van der Waals surface area contributed by atoms with E-state index in [1.54, 1.807) is 0 Å². The van der Waals surface area contributed by atoms with E-state index in [9.17, 15) is 0 Å². The number of anilines is 3. The van der Waals surface area contributed by atoms with E-state index < -0.39 is 0 Å². The van der Waals surface area contributed by atoms with Crippen LogP contribution in [0.1, 0.15) is 0 Å². The van der Waals surface area contributed by atoms with Gasteiger partial charge in [-0.25, -0.2) is 0 Å². The highest BCUT2D eigenvalue weighted by molar-refractivity contribution is 9.11. The molecule has 40 heavy (non-hydrogen) atoms. The molecule has 0 spiro atoms. The van der Waals surface area contributed by atoms with Crippen molar-refractivity contribution < 1.29 is 0 Å². The lowest BCUT2D eigenvalue weighted by Gasteiger charge is -2.26. The van der Waals surface area contributed by atoms with Gasteiger partial charge in [-0.05, 0) is 106 Å². The number of halogens is 3. The van der Waals surface area contributed by atoms with Gasteiger partial charge in [0.2, 0.25) is 0 Å². The molecule has 6 aromatic carbocycles. The Hall–Kier alpha value is -3.44. The molecular formula is C36H24Br3N. The van der Waals surface area contributed by atoms with Crippen LogP contribution in [0.4, 0.5) is 17.1 Å². The van der Waals surface area contributed by atoms with Crippen molar-refractivity contribution in [2.75, 3.05) is 4.90 Å². The van der Waals surface area contributed by atoms with E-state index in [1.165, 1.54) is 33.4 Å². The third-order valence-corrected chi connectivity index (χ3v) is 8.50. The van der Waals surface area contributed by atoms with E-state index in [-0.39, 0.29) is 0 Å². The highest BCUT2D eigenvalue weighted by Crippen LogP contribution is 2.38. The Bertz CT molecular complexity index is 1500. The van der Waals surface area contributed by atoms with Gasteiger partial charge in [0.15, 0.2) is 0 Å². The minimum absolute atomic E-state index is 1.08. The second-order valence-electron chi connectivity index (χ2n) is 9.50. The van der Waals surface area contributed by atoms with Crippen LogP contribution < -0.4 is 4.90 Å². The summed E-state index contributed by atoms with van der Waals surface area (Å²) >= 11 is 10.6. The van der Waals surface area contributed by atoms with Crippen molar-refractivity contribution in [1.29, 1.82) is 0 Å². The van der Waals surface area contributed by atoms with Crippen LogP contribution in [0, 0.1) is 0 Å². The van der Waals surface area contributed by atoms with Crippen LogP contribution in [0.5, 0.6) is 0 Å². The minimum atomic E-state index is 1.08. The molecule has 0 radical (unpaired) electrons. The van der Waals surface area contributed by atoms with Gasteiger partial charge >= 0.3 is 0 Å². The van der Waals surface area contributed by atoms with Crippen LogP contribution >= 0.6 is 47.8 Å².